The molecule has 0 aromatic heterocycles. The van der Waals surface area contributed by atoms with Crippen LogP contribution in [0.2, 0.25) is 0 Å². The van der Waals surface area contributed by atoms with Crippen molar-refractivity contribution >= 4 is 11.9 Å². The number of amides is 1. The van der Waals surface area contributed by atoms with Crippen molar-refractivity contribution in [1.82, 2.24) is 5.32 Å². The van der Waals surface area contributed by atoms with Gasteiger partial charge in [-0.05, 0) is 30.3 Å². The monoisotopic (exact) mass is 313 g/mol. The maximum atomic E-state index is 12.1. The van der Waals surface area contributed by atoms with Crippen LogP contribution in [0, 0.1) is 0 Å². The molecule has 1 amide bonds. The number of methoxy groups -OCH3 is 1. The Morgan fingerprint density at radius 1 is 1.17 bits per heavy atom. The first-order valence-corrected chi connectivity index (χ1v) is 7.01. The molecule has 0 bridgehead atoms. The fourth-order valence-electron chi connectivity index (χ4n) is 2.35. The van der Waals surface area contributed by atoms with Crippen molar-refractivity contribution in [2.45, 2.75) is 13.2 Å². The Morgan fingerprint density at radius 3 is 2.70 bits per heavy atom. The number of fused-ring (bicyclic) bond motifs is 1. The van der Waals surface area contributed by atoms with Crippen LogP contribution in [-0.2, 0) is 4.79 Å². The Morgan fingerprint density at radius 2 is 1.96 bits per heavy atom. The predicted octanol–water partition coefficient (Wildman–Crippen LogP) is 2.44. The summed E-state index contributed by atoms with van der Waals surface area (Å²) in [4.78, 5) is 23.2. The molecule has 1 N–H and O–H groups in total. The van der Waals surface area contributed by atoms with Crippen LogP contribution >= 0.6 is 0 Å². The van der Waals surface area contributed by atoms with Gasteiger partial charge in [0.15, 0.2) is 17.7 Å². The van der Waals surface area contributed by atoms with E-state index in [-0.39, 0.29) is 5.91 Å². The summed E-state index contributed by atoms with van der Waals surface area (Å²) in [5, 5.41) is 2.78. The van der Waals surface area contributed by atoms with Gasteiger partial charge < -0.3 is 19.5 Å². The van der Waals surface area contributed by atoms with Gasteiger partial charge in [0.2, 0.25) is 0 Å². The standard InChI is InChI=1S/C17H15NO5/c1-10(19)22-14-8-7-11(9-15(14)21-2)17-18-16(20)12-5-3-4-6-13(12)23-17/h3-9,17H,1-2H3,(H,18,20)/t17-/m1/s1. The Kier molecular flexibility index (Phi) is 3.89. The summed E-state index contributed by atoms with van der Waals surface area (Å²) in [6, 6.07) is 12.0. The lowest BCUT2D eigenvalue weighted by Gasteiger charge is -2.27. The smallest absolute Gasteiger partial charge is 0.308 e. The second kappa shape index (κ2) is 6.00. The van der Waals surface area contributed by atoms with Crippen molar-refractivity contribution in [3.8, 4) is 17.2 Å². The number of esters is 1. The summed E-state index contributed by atoms with van der Waals surface area (Å²) < 4.78 is 16.1. The lowest BCUT2D eigenvalue weighted by atomic mass is 10.1. The van der Waals surface area contributed by atoms with Gasteiger partial charge in [-0.3, -0.25) is 9.59 Å². The zero-order valence-electron chi connectivity index (χ0n) is 12.7. The molecule has 0 saturated heterocycles. The van der Waals surface area contributed by atoms with Gasteiger partial charge in [-0.15, -0.1) is 0 Å². The predicted molar refractivity (Wildman–Crippen MR) is 81.6 cm³/mol. The molecule has 118 valence electrons. The van der Waals surface area contributed by atoms with Crippen molar-refractivity contribution < 1.29 is 23.8 Å². The number of carbonyl (C=O) groups excluding carboxylic acids is 2. The second-order valence-electron chi connectivity index (χ2n) is 4.97. The van der Waals surface area contributed by atoms with E-state index in [1.807, 2.05) is 0 Å². The van der Waals surface area contributed by atoms with Crippen LogP contribution in [0.1, 0.15) is 29.1 Å². The molecular formula is C17H15NO5. The van der Waals surface area contributed by atoms with Crippen LogP contribution in [0.3, 0.4) is 0 Å². The van der Waals surface area contributed by atoms with E-state index < -0.39 is 12.2 Å². The summed E-state index contributed by atoms with van der Waals surface area (Å²) in [6.07, 6.45) is -0.641. The Hall–Kier alpha value is -3.02. The molecule has 0 fully saturated rings. The summed E-state index contributed by atoms with van der Waals surface area (Å²) in [5.74, 6) is 0.567. The van der Waals surface area contributed by atoms with Crippen LogP contribution in [0.4, 0.5) is 0 Å². The maximum absolute atomic E-state index is 12.1. The normalized spacial score (nSPS) is 15.9. The van der Waals surface area contributed by atoms with Crippen molar-refractivity contribution in [2.24, 2.45) is 0 Å². The highest BCUT2D eigenvalue weighted by Crippen LogP contribution is 2.34. The number of hydrogen-bond donors (Lipinski definition) is 1. The maximum Gasteiger partial charge on any atom is 0.308 e. The van der Waals surface area contributed by atoms with Crippen LogP contribution in [0.15, 0.2) is 42.5 Å². The van der Waals surface area contributed by atoms with E-state index in [0.29, 0.717) is 28.4 Å². The van der Waals surface area contributed by atoms with E-state index in [9.17, 15) is 9.59 Å². The zero-order valence-corrected chi connectivity index (χ0v) is 12.7. The molecule has 0 radical (unpaired) electrons. The molecule has 6 heteroatoms. The topological polar surface area (TPSA) is 73.9 Å². The van der Waals surface area contributed by atoms with Gasteiger partial charge in [0.25, 0.3) is 5.91 Å². The van der Waals surface area contributed by atoms with E-state index in [2.05, 4.69) is 5.32 Å². The van der Waals surface area contributed by atoms with Gasteiger partial charge in [-0.25, -0.2) is 0 Å². The Bertz CT molecular complexity index is 771. The van der Waals surface area contributed by atoms with E-state index in [1.54, 1.807) is 42.5 Å². The highest BCUT2D eigenvalue weighted by Gasteiger charge is 2.27. The molecule has 1 heterocycles. The largest absolute Gasteiger partial charge is 0.493 e. The van der Waals surface area contributed by atoms with Crippen molar-refractivity contribution in [1.29, 1.82) is 0 Å². The third-order valence-electron chi connectivity index (χ3n) is 3.38. The lowest BCUT2D eigenvalue weighted by Crippen LogP contribution is -2.36. The summed E-state index contributed by atoms with van der Waals surface area (Å²) >= 11 is 0. The van der Waals surface area contributed by atoms with Crippen LogP contribution in [-0.4, -0.2) is 19.0 Å². The molecule has 0 aliphatic carbocycles. The number of hydrogen-bond acceptors (Lipinski definition) is 5. The molecule has 2 aromatic rings. The average molecular weight is 313 g/mol. The van der Waals surface area contributed by atoms with Gasteiger partial charge in [0.05, 0.1) is 12.7 Å². The van der Waals surface area contributed by atoms with Crippen LogP contribution in [0.25, 0.3) is 0 Å². The first kappa shape index (κ1) is 14.9. The zero-order chi connectivity index (χ0) is 16.4. The third kappa shape index (κ3) is 2.96. The van der Waals surface area contributed by atoms with Gasteiger partial charge in [-0.2, -0.15) is 0 Å². The second-order valence-corrected chi connectivity index (χ2v) is 4.97. The third-order valence-corrected chi connectivity index (χ3v) is 3.38. The molecule has 3 rings (SSSR count). The lowest BCUT2D eigenvalue weighted by molar-refractivity contribution is -0.132. The van der Waals surface area contributed by atoms with Gasteiger partial charge in [-0.1, -0.05) is 12.1 Å². The molecule has 1 aliphatic rings. The van der Waals surface area contributed by atoms with E-state index in [4.69, 9.17) is 14.2 Å². The van der Waals surface area contributed by atoms with E-state index in [1.165, 1.54) is 14.0 Å². The Labute approximate surface area is 133 Å². The van der Waals surface area contributed by atoms with Gasteiger partial charge in [0.1, 0.15) is 5.75 Å². The molecule has 0 unspecified atom stereocenters. The fourth-order valence-corrected chi connectivity index (χ4v) is 2.35. The number of rotatable bonds is 3. The average Bonchev–Trinajstić information content (AvgIpc) is 2.54. The molecule has 6 nitrogen and oxygen atoms in total. The molecule has 0 spiro atoms. The van der Waals surface area contributed by atoms with Crippen molar-refractivity contribution in [2.75, 3.05) is 7.11 Å². The summed E-state index contributed by atoms with van der Waals surface area (Å²) in [6.45, 7) is 1.31. The molecule has 1 atom stereocenters. The molecule has 1 aliphatic heterocycles. The fraction of sp³-hybridized carbons (Fsp3) is 0.176. The van der Waals surface area contributed by atoms with Gasteiger partial charge in [0, 0.05) is 12.5 Å². The number of ether oxygens (including phenoxy) is 3. The SMILES string of the molecule is COc1cc([C@@H]2NC(=O)c3ccccc3O2)ccc1OC(C)=O. The highest BCUT2D eigenvalue weighted by atomic mass is 16.6. The van der Waals surface area contributed by atoms with Crippen LogP contribution in [0.5, 0.6) is 17.2 Å². The van der Waals surface area contributed by atoms with Gasteiger partial charge >= 0.3 is 5.97 Å². The molecule has 23 heavy (non-hydrogen) atoms. The highest BCUT2D eigenvalue weighted by molar-refractivity contribution is 5.98. The van der Waals surface area contributed by atoms with Crippen LogP contribution < -0.4 is 19.5 Å². The number of nitrogens with one attached hydrogen (secondary N) is 1. The number of benzene rings is 2. The molecular weight excluding hydrogens is 298 g/mol. The number of carbonyl (C=O) groups is 2. The van der Waals surface area contributed by atoms with E-state index in [0.717, 1.165) is 0 Å². The first-order valence-electron chi connectivity index (χ1n) is 7.01. The minimum absolute atomic E-state index is 0.208. The minimum Gasteiger partial charge on any atom is -0.493 e. The molecule has 2 aromatic carbocycles. The summed E-state index contributed by atoms with van der Waals surface area (Å²) in [7, 11) is 1.47. The number of para-hydroxylation sites is 1. The first-order chi connectivity index (χ1) is 11.1. The van der Waals surface area contributed by atoms with Crippen molar-refractivity contribution in [3.05, 3.63) is 53.6 Å². The molecule has 0 saturated carbocycles. The van der Waals surface area contributed by atoms with E-state index >= 15 is 0 Å². The summed E-state index contributed by atoms with van der Waals surface area (Å²) in [5.41, 5.74) is 1.17. The van der Waals surface area contributed by atoms with Crippen molar-refractivity contribution in [3.63, 3.8) is 0 Å². The Balaban J connectivity index is 1.91. The minimum atomic E-state index is -0.641. The quantitative estimate of drug-likeness (QED) is 0.696.